The molecule has 2 aliphatic rings. The van der Waals surface area contributed by atoms with Crippen molar-refractivity contribution in [3.63, 3.8) is 0 Å². The molecule has 1 aromatic rings. The zero-order valence-corrected chi connectivity index (χ0v) is 12.7. The zero-order chi connectivity index (χ0) is 14.7. The Hall–Kier alpha value is -1.43. The first kappa shape index (κ1) is 14.5. The number of nitrogens with one attached hydrogen (secondary N) is 1. The molecule has 6 heteroatoms. The topological polar surface area (TPSA) is 71.3 Å². The molecule has 2 heterocycles. The highest BCUT2D eigenvalue weighted by Gasteiger charge is 2.37. The fourth-order valence-corrected chi connectivity index (χ4v) is 3.50. The Bertz CT molecular complexity index is 494. The minimum absolute atomic E-state index is 0.168. The minimum Gasteiger partial charge on any atom is -0.341 e. The maximum absolute atomic E-state index is 11.7. The summed E-state index contributed by atoms with van der Waals surface area (Å²) in [6, 6.07) is 0. The smallest absolute Gasteiger partial charge is 0.223 e. The summed E-state index contributed by atoms with van der Waals surface area (Å²) in [6.45, 7) is 4.29. The van der Waals surface area contributed by atoms with Crippen molar-refractivity contribution < 1.29 is 9.32 Å². The highest BCUT2D eigenvalue weighted by molar-refractivity contribution is 5.78. The second-order valence-electron chi connectivity index (χ2n) is 6.19. The molecule has 3 rings (SSSR count). The number of hydrogen-bond donors (Lipinski definition) is 1. The lowest BCUT2D eigenvalue weighted by Gasteiger charge is -2.36. The summed E-state index contributed by atoms with van der Waals surface area (Å²) < 4.78 is 5.17. The van der Waals surface area contributed by atoms with E-state index in [0.717, 1.165) is 44.7 Å². The molecule has 116 valence electrons. The largest absolute Gasteiger partial charge is 0.341 e. The molecule has 0 radical (unpaired) electrons. The van der Waals surface area contributed by atoms with Crippen LogP contribution in [0.1, 0.15) is 56.7 Å². The summed E-state index contributed by atoms with van der Waals surface area (Å²) in [7, 11) is 0. The van der Waals surface area contributed by atoms with E-state index in [4.69, 9.17) is 4.52 Å². The number of carbonyl (C=O) groups excluding carboxylic acids is 1. The van der Waals surface area contributed by atoms with Gasteiger partial charge < -0.3 is 14.7 Å². The van der Waals surface area contributed by atoms with Crippen molar-refractivity contribution >= 4 is 5.91 Å². The van der Waals surface area contributed by atoms with Crippen LogP contribution in [-0.4, -0.2) is 40.6 Å². The van der Waals surface area contributed by atoms with Crippen molar-refractivity contribution in [2.45, 2.75) is 57.4 Å². The molecular weight excluding hydrogens is 268 g/mol. The van der Waals surface area contributed by atoms with Gasteiger partial charge in [-0.05, 0) is 19.3 Å². The summed E-state index contributed by atoms with van der Waals surface area (Å²) in [4.78, 5) is 18.1. The summed E-state index contributed by atoms with van der Waals surface area (Å²) >= 11 is 0. The van der Waals surface area contributed by atoms with Gasteiger partial charge in [0, 0.05) is 33.0 Å². The average Bonchev–Trinajstić information content (AvgIpc) is 3.10. The zero-order valence-electron chi connectivity index (χ0n) is 12.7. The van der Waals surface area contributed by atoms with Crippen LogP contribution in [0.4, 0.5) is 0 Å². The van der Waals surface area contributed by atoms with E-state index < -0.39 is 0 Å². The Labute approximate surface area is 125 Å². The van der Waals surface area contributed by atoms with Crippen LogP contribution in [0.5, 0.6) is 0 Å². The molecule has 1 aromatic heterocycles. The molecule has 1 aliphatic carbocycles. The second-order valence-corrected chi connectivity index (χ2v) is 6.19. The number of likely N-dealkylation sites (tertiary alicyclic amines) is 1. The molecule has 2 fully saturated rings. The molecule has 1 aliphatic heterocycles. The number of amides is 1. The van der Waals surface area contributed by atoms with Gasteiger partial charge in [-0.15, -0.1) is 0 Å². The summed E-state index contributed by atoms with van der Waals surface area (Å²) in [6.07, 6.45) is 7.42. The van der Waals surface area contributed by atoms with Crippen LogP contribution < -0.4 is 5.32 Å². The van der Waals surface area contributed by atoms with Gasteiger partial charge in [0.15, 0.2) is 5.82 Å². The maximum atomic E-state index is 11.7. The number of aromatic nitrogens is 2. The van der Waals surface area contributed by atoms with Crippen molar-refractivity contribution in [3.8, 4) is 0 Å². The Morgan fingerprint density at radius 2 is 2.10 bits per heavy atom. The van der Waals surface area contributed by atoms with Gasteiger partial charge in [0.25, 0.3) is 0 Å². The average molecular weight is 292 g/mol. The number of hydrogen-bond acceptors (Lipinski definition) is 5. The minimum atomic E-state index is -0.168. The molecule has 0 atom stereocenters. The number of carbonyl (C=O) groups is 1. The van der Waals surface area contributed by atoms with Gasteiger partial charge in [0.05, 0.1) is 5.54 Å². The number of rotatable bonds is 5. The van der Waals surface area contributed by atoms with Crippen LogP contribution in [0.25, 0.3) is 0 Å². The van der Waals surface area contributed by atoms with Crippen LogP contribution in [-0.2, 0) is 10.3 Å². The summed E-state index contributed by atoms with van der Waals surface area (Å²) in [5.74, 6) is 1.68. The molecule has 21 heavy (non-hydrogen) atoms. The van der Waals surface area contributed by atoms with Crippen molar-refractivity contribution in [3.05, 3.63) is 11.7 Å². The van der Waals surface area contributed by atoms with E-state index in [1.807, 2.05) is 11.8 Å². The van der Waals surface area contributed by atoms with E-state index in [9.17, 15) is 4.79 Å². The van der Waals surface area contributed by atoms with Gasteiger partial charge in [-0.2, -0.15) is 4.98 Å². The van der Waals surface area contributed by atoms with Crippen LogP contribution in [0.2, 0.25) is 0 Å². The molecule has 1 amide bonds. The van der Waals surface area contributed by atoms with Gasteiger partial charge in [-0.3, -0.25) is 4.79 Å². The number of aryl methyl sites for hydroxylation is 1. The molecular formula is C15H24N4O2. The first-order valence-electron chi connectivity index (χ1n) is 8.03. The fourth-order valence-electron chi connectivity index (χ4n) is 3.50. The quantitative estimate of drug-likeness (QED) is 0.895. The van der Waals surface area contributed by atoms with E-state index in [0.29, 0.717) is 12.3 Å². The van der Waals surface area contributed by atoms with Crippen LogP contribution in [0, 0.1) is 6.92 Å². The first-order chi connectivity index (χ1) is 10.2. The lowest BCUT2D eigenvalue weighted by Crippen LogP contribution is -2.47. The van der Waals surface area contributed by atoms with Crippen molar-refractivity contribution in [2.24, 2.45) is 0 Å². The first-order valence-corrected chi connectivity index (χ1v) is 8.03. The van der Waals surface area contributed by atoms with Gasteiger partial charge in [0.2, 0.25) is 11.8 Å². The Morgan fingerprint density at radius 1 is 1.29 bits per heavy atom. The van der Waals surface area contributed by atoms with Gasteiger partial charge in [-0.1, -0.05) is 24.4 Å². The standard InChI is InChI=1S/C15H24N4O2/c1-12-17-14(18-21-12)15(7-3-2-4-8-15)16-9-11-19-10-5-6-13(19)20/h16H,2-11H2,1H3. The monoisotopic (exact) mass is 292 g/mol. The Balaban J connectivity index is 1.64. The molecule has 0 spiro atoms. The third kappa shape index (κ3) is 3.10. The molecule has 1 N–H and O–H groups in total. The van der Waals surface area contributed by atoms with Crippen LogP contribution in [0.15, 0.2) is 4.52 Å². The lowest BCUT2D eigenvalue weighted by atomic mass is 9.81. The Morgan fingerprint density at radius 3 is 2.71 bits per heavy atom. The molecule has 0 aromatic carbocycles. The third-order valence-corrected chi connectivity index (χ3v) is 4.68. The van der Waals surface area contributed by atoms with Crippen molar-refractivity contribution in [1.29, 1.82) is 0 Å². The summed E-state index contributed by atoms with van der Waals surface area (Å²) in [5.41, 5.74) is -0.168. The number of nitrogens with zero attached hydrogens (tertiary/aromatic N) is 3. The normalized spacial score (nSPS) is 22.0. The predicted octanol–water partition coefficient (Wildman–Crippen LogP) is 1.75. The van der Waals surface area contributed by atoms with Gasteiger partial charge in [-0.25, -0.2) is 0 Å². The predicted molar refractivity (Wildman–Crippen MR) is 77.6 cm³/mol. The van der Waals surface area contributed by atoms with Crippen LogP contribution >= 0.6 is 0 Å². The van der Waals surface area contributed by atoms with Crippen molar-refractivity contribution in [1.82, 2.24) is 20.4 Å². The highest BCUT2D eigenvalue weighted by atomic mass is 16.5. The van der Waals surface area contributed by atoms with E-state index in [-0.39, 0.29) is 11.4 Å². The SMILES string of the molecule is Cc1nc(C2(NCCN3CCCC3=O)CCCCC2)no1. The third-order valence-electron chi connectivity index (χ3n) is 4.68. The molecule has 0 bridgehead atoms. The highest BCUT2D eigenvalue weighted by Crippen LogP contribution is 2.35. The van der Waals surface area contributed by atoms with E-state index >= 15 is 0 Å². The molecule has 1 saturated heterocycles. The molecule has 1 saturated carbocycles. The second kappa shape index (κ2) is 6.13. The lowest BCUT2D eigenvalue weighted by molar-refractivity contribution is -0.127. The molecule has 0 unspecified atom stereocenters. The van der Waals surface area contributed by atoms with Gasteiger partial charge in [0.1, 0.15) is 0 Å². The van der Waals surface area contributed by atoms with E-state index in [1.165, 1.54) is 19.3 Å². The Kier molecular flexibility index (Phi) is 4.24. The van der Waals surface area contributed by atoms with Gasteiger partial charge >= 0.3 is 0 Å². The molecule has 6 nitrogen and oxygen atoms in total. The van der Waals surface area contributed by atoms with Crippen molar-refractivity contribution in [2.75, 3.05) is 19.6 Å². The fraction of sp³-hybridized carbons (Fsp3) is 0.800. The van der Waals surface area contributed by atoms with E-state index in [2.05, 4.69) is 15.5 Å². The maximum Gasteiger partial charge on any atom is 0.223 e. The van der Waals surface area contributed by atoms with Crippen LogP contribution in [0.3, 0.4) is 0 Å². The summed E-state index contributed by atoms with van der Waals surface area (Å²) in [5, 5.41) is 7.78. The van der Waals surface area contributed by atoms with E-state index in [1.54, 1.807) is 0 Å².